The van der Waals surface area contributed by atoms with Crippen molar-refractivity contribution in [1.29, 1.82) is 0 Å². The van der Waals surface area contributed by atoms with Crippen LogP contribution >= 0.6 is 0 Å². The molecule has 19 heavy (non-hydrogen) atoms. The van der Waals surface area contributed by atoms with Gasteiger partial charge in [-0.3, -0.25) is 4.79 Å². The summed E-state index contributed by atoms with van der Waals surface area (Å²) in [4.78, 5) is 25.4. The molecule has 0 radical (unpaired) electrons. The van der Waals surface area contributed by atoms with Gasteiger partial charge in [0.05, 0.1) is 6.10 Å². The second kappa shape index (κ2) is 5.90. The summed E-state index contributed by atoms with van der Waals surface area (Å²) in [7, 11) is 0. The van der Waals surface area contributed by atoms with Crippen LogP contribution in [0.3, 0.4) is 0 Å². The third-order valence-corrected chi connectivity index (χ3v) is 4.48. The van der Waals surface area contributed by atoms with Gasteiger partial charge in [-0.15, -0.1) is 0 Å². The molecule has 0 aromatic heterocycles. The molecular weight excluding hydrogens is 246 g/mol. The molecule has 2 fully saturated rings. The molecule has 0 saturated carbocycles. The van der Waals surface area contributed by atoms with Gasteiger partial charge in [-0.25, -0.2) is 4.79 Å². The van der Waals surface area contributed by atoms with E-state index in [4.69, 9.17) is 4.74 Å². The molecule has 5 heteroatoms. The number of aliphatic carboxylic acids is 1. The predicted octanol–water partition coefficient (Wildman–Crippen LogP) is 1.80. The largest absolute Gasteiger partial charge is 0.479 e. The topological polar surface area (TPSA) is 66.8 Å². The van der Waals surface area contributed by atoms with Crippen LogP contribution in [-0.4, -0.2) is 46.7 Å². The van der Waals surface area contributed by atoms with E-state index in [0.29, 0.717) is 25.8 Å². The van der Waals surface area contributed by atoms with Crippen molar-refractivity contribution in [3.05, 3.63) is 0 Å². The molecule has 2 unspecified atom stereocenters. The maximum Gasteiger partial charge on any atom is 0.329 e. The van der Waals surface area contributed by atoms with E-state index in [0.717, 1.165) is 32.3 Å². The fraction of sp³-hybridized carbons (Fsp3) is 0.857. The highest BCUT2D eigenvalue weighted by Gasteiger charge is 2.48. The Balaban J connectivity index is 1.95. The van der Waals surface area contributed by atoms with Crippen LogP contribution in [0.4, 0.5) is 0 Å². The summed E-state index contributed by atoms with van der Waals surface area (Å²) in [6.07, 6.45) is 5.23. The molecule has 2 rings (SSSR count). The molecule has 0 aromatic rings. The van der Waals surface area contributed by atoms with Crippen molar-refractivity contribution in [1.82, 2.24) is 4.90 Å². The Morgan fingerprint density at radius 2 is 2.21 bits per heavy atom. The molecule has 1 N–H and O–H groups in total. The maximum atomic E-state index is 12.3. The summed E-state index contributed by atoms with van der Waals surface area (Å²) in [5, 5.41) is 9.44. The van der Waals surface area contributed by atoms with E-state index in [9.17, 15) is 14.7 Å². The Morgan fingerprint density at radius 3 is 2.79 bits per heavy atom. The number of carboxylic acids is 1. The molecule has 0 aliphatic carbocycles. The number of carbonyl (C=O) groups excluding carboxylic acids is 1. The second-order valence-electron chi connectivity index (χ2n) is 5.51. The summed E-state index contributed by atoms with van der Waals surface area (Å²) in [6.45, 7) is 3.21. The molecule has 2 aliphatic heterocycles. The predicted molar refractivity (Wildman–Crippen MR) is 69.8 cm³/mol. The first kappa shape index (κ1) is 14.3. The number of carbonyl (C=O) groups is 2. The quantitative estimate of drug-likeness (QED) is 0.826. The normalized spacial score (nSPS) is 30.8. The highest BCUT2D eigenvalue weighted by molar-refractivity contribution is 5.87. The molecule has 0 spiro atoms. The Bertz CT molecular complexity index is 351. The molecule has 2 saturated heterocycles. The van der Waals surface area contributed by atoms with Crippen LogP contribution in [-0.2, 0) is 14.3 Å². The zero-order chi connectivity index (χ0) is 13.9. The zero-order valence-electron chi connectivity index (χ0n) is 11.6. The molecule has 0 aromatic carbocycles. The van der Waals surface area contributed by atoms with E-state index >= 15 is 0 Å². The lowest BCUT2D eigenvalue weighted by Gasteiger charge is -2.34. The van der Waals surface area contributed by atoms with Gasteiger partial charge in [0.15, 0.2) is 0 Å². The van der Waals surface area contributed by atoms with Crippen LogP contribution in [0.2, 0.25) is 0 Å². The first-order chi connectivity index (χ1) is 9.10. The number of rotatable bonds is 5. The van der Waals surface area contributed by atoms with E-state index in [1.165, 1.54) is 0 Å². The van der Waals surface area contributed by atoms with Crippen molar-refractivity contribution in [3.8, 4) is 0 Å². The lowest BCUT2D eigenvalue weighted by Crippen LogP contribution is -2.52. The van der Waals surface area contributed by atoms with E-state index in [-0.39, 0.29) is 12.0 Å². The maximum absolute atomic E-state index is 12.3. The summed E-state index contributed by atoms with van der Waals surface area (Å²) in [5.74, 6) is -0.893. The number of amides is 1. The lowest BCUT2D eigenvalue weighted by atomic mass is 9.92. The van der Waals surface area contributed by atoms with Gasteiger partial charge >= 0.3 is 5.97 Å². The molecular formula is C14H23NO4. The molecule has 2 heterocycles. The Morgan fingerprint density at radius 1 is 1.42 bits per heavy atom. The minimum Gasteiger partial charge on any atom is -0.479 e. The van der Waals surface area contributed by atoms with Crippen LogP contribution in [0, 0.1) is 0 Å². The van der Waals surface area contributed by atoms with Gasteiger partial charge in [0.2, 0.25) is 5.91 Å². The standard InChI is InChI=1S/C14H23NO4/c1-2-14(13(17)18)8-4-9-15(14)12(16)7-6-11-5-3-10-19-11/h11H,2-10H2,1H3,(H,17,18). The number of likely N-dealkylation sites (tertiary alicyclic amines) is 1. The summed E-state index contributed by atoms with van der Waals surface area (Å²) in [5.41, 5.74) is -0.965. The highest BCUT2D eigenvalue weighted by Crippen LogP contribution is 2.33. The Hall–Kier alpha value is -1.10. The molecule has 0 bridgehead atoms. The van der Waals surface area contributed by atoms with Gasteiger partial charge in [-0.2, -0.15) is 0 Å². The van der Waals surface area contributed by atoms with Gasteiger partial charge in [-0.1, -0.05) is 6.92 Å². The minimum absolute atomic E-state index is 0.0303. The fourth-order valence-corrected chi connectivity index (χ4v) is 3.27. The van der Waals surface area contributed by atoms with Crippen LogP contribution in [0.1, 0.15) is 51.9 Å². The third kappa shape index (κ3) is 2.76. The van der Waals surface area contributed by atoms with Gasteiger partial charge in [0.1, 0.15) is 5.54 Å². The molecule has 2 aliphatic rings. The molecule has 2 atom stereocenters. The van der Waals surface area contributed by atoms with Crippen molar-refractivity contribution < 1.29 is 19.4 Å². The third-order valence-electron chi connectivity index (χ3n) is 4.48. The van der Waals surface area contributed by atoms with Gasteiger partial charge < -0.3 is 14.7 Å². The fourth-order valence-electron chi connectivity index (χ4n) is 3.27. The van der Waals surface area contributed by atoms with E-state index < -0.39 is 11.5 Å². The van der Waals surface area contributed by atoms with Crippen LogP contribution in [0.15, 0.2) is 0 Å². The number of ether oxygens (including phenoxy) is 1. The van der Waals surface area contributed by atoms with Crippen molar-refractivity contribution in [3.63, 3.8) is 0 Å². The van der Waals surface area contributed by atoms with Crippen LogP contribution in [0.25, 0.3) is 0 Å². The Labute approximate surface area is 113 Å². The molecule has 108 valence electrons. The number of carboxylic acid groups (broad SMARTS) is 1. The number of hydrogen-bond donors (Lipinski definition) is 1. The highest BCUT2D eigenvalue weighted by atomic mass is 16.5. The van der Waals surface area contributed by atoms with Crippen LogP contribution in [0.5, 0.6) is 0 Å². The molecule has 1 amide bonds. The first-order valence-electron chi connectivity index (χ1n) is 7.25. The summed E-state index contributed by atoms with van der Waals surface area (Å²) < 4.78 is 5.50. The van der Waals surface area contributed by atoms with Gasteiger partial charge in [-0.05, 0) is 38.5 Å². The number of hydrogen-bond acceptors (Lipinski definition) is 3. The number of nitrogens with zero attached hydrogens (tertiary/aromatic N) is 1. The average molecular weight is 269 g/mol. The smallest absolute Gasteiger partial charge is 0.329 e. The van der Waals surface area contributed by atoms with Gasteiger partial charge in [0, 0.05) is 19.6 Å². The van der Waals surface area contributed by atoms with Crippen molar-refractivity contribution in [2.75, 3.05) is 13.2 Å². The second-order valence-corrected chi connectivity index (χ2v) is 5.51. The van der Waals surface area contributed by atoms with Gasteiger partial charge in [0.25, 0.3) is 0 Å². The summed E-state index contributed by atoms with van der Waals surface area (Å²) in [6, 6.07) is 0. The SMILES string of the molecule is CCC1(C(=O)O)CCCN1C(=O)CCC1CCCO1. The van der Waals surface area contributed by atoms with Crippen molar-refractivity contribution >= 4 is 11.9 Å². The summed E-state index contributed by atoms with van der Waals surface area (Å²) >= 11 is 0. The van der Waals surface area contributed by atoms with Crippen LogP contribution < -0.4 is 0 Å². The lowest BCUT2D eigenvalue weighted by molar-refractivity contribution is -0.157. The van der Waals surface area contributed by atoms with Crippen molar-refractivity contribution in [2.45, 2.75) is 63.5 Å². The first-order valence-corrected chi connectivity index (χ1v) is 7.25. The van der Waals surface area contributed by atoms with Crippen molar-refractivity contribution in [2.24, 2.45) is 0 Å². The average Bonchev–Trinajstić information content (AvgIpc) is 3.05. The minimum atomic E-state index is -0.965. The Kier molecular flexibility index (Phi) is 4.45. The van der Waals surface area contributed by atoms with E-state index in [1.807, 2.05) is 6.92 Å². The monoisotopic (exact) mass is 269 g/mol. The molecule has 5 nitrogen and oxygen atoms in total. The zero-order valence-corrected chi connectivity index (χ0v) is 11.6. The van der Waals surface area contributed by atoms with E-state index in [1.54, 1.807) is 4.90 Å². The van der Waals surface area contributed by atoms with E-state index in [2.05, 4.69) is 0 Å².